The second kappa shape index (κ2) is 8.78. The molecule has 0 saturated heterocycles. The normalized spacial score (nSPS) is 42.1. The summed E-state index contributed by atoms with van der Waals surface area (Å²) in [5.41, 5.74) is 3.03. The lowest BCUT2D eigenvalue weighted by Crippen LogP contribution is -2.53. The second-order valence-corrected chi connectivity index (χ2v) is 12.1. The number of carbonyl (C=O) groups is 1. The fourth-order valence-corrected chi connectivity index (χ4v) is 8.00. The molecule has 0 aromatic rings. The van der Waals surface area contributed by atoms with Crippen LogP contribution in [-0.4, -0.2) is 23.3 Å². The predicted molar refractivity (Wildman–Crippen MR) is 130 cm³/mol. The molecule has 178 valence electrons. The maximum atomic E-state index is 11.9. The minimum Gasteiger partial charge on any atom is -0.462 e. The summed E-state index contributed by atoms with van der Waals surface area (Å²) >= 11 is 0. The Hall–Kier alpha value is -1.35. The van der Waals surface area contributed by atoms with Crippen LogP contribution in [0, 0.1) is 40.4 Å². The molecule has 0 radical (unpaired) electrons. The smallest absolute Gasteiger partial charge is 0.302 e. The molecule has 4 rings (SSSR count). The van der Waals surface area contributed by atoms with Crippen LogP contribution in [-0.2, 0) is 9.53 Å². The zero-order valence-corrected chi connectivity index (χ0v) is 21.1. The highest BCUT2D eigenvalue weighted by molar-refractivity contribution is 5.66. The highest BCUT2D eigenvalue weighted by Gasteiger charge is 2.59. The average molecular weight is 441 g/mol. The standard InChI is InChI=1S/C29H44O3/c1-18(2)8-7-9-19(3)24-12-13-25-23-11-10-21-16-22(31)17-27(32-20(4)30)29(21,6)26(23)14-15-28(24,25)5/h7,9-11,18-19,22,24-27,31H,8,12-17H2,1-6H3/b9-7+/t19-,22+,24-,25-,26+,27?,28-,29+/m1/s1. The molecule has 0 aromatic heterocycles. The Morgan fingerprint density at radius 1 is 1.19 bits per heavy atom. The molecular formula is C29H44O3. The summed E-state index contributed by atoms with van der Waals surface area (Å²) in [5, 5.41) is 10.5. The van der Waals surface area contributed by atoms with Crippen molar-refractivity contribution in [3.63, 3.8) is 0 Å². The first-order valence-corrected chi connectivity index (χ1v) is 13.0. The Morgan fingerprint density at radius 2 is 1.94 bits per heavy atom. The summed E-state index contributed by atoms with van der Waals surface area (Å²) in [4.78, 5) is 11.9. The highest BCUT2D eigenvalue weighted by atomic mass is 16.5. The third-order valence-corrected chi connectivity index (χ3v) is 9.68. The lowest BCUT2D eigenvalue weighted by molar-refractivity contribution is -0.159. The fraction of sp³-hybridized carbons (Fsp3) is 0.759. The van der Waals surface area contributed by atoms with Gasteiger partial charge < -0.3 is 9.84 Å². The number of ether oxygens (including phenoxy) is 1. The summed E-state index contributed by atoms with van der Waals surface area (Å²) in [7, 11) is 0. The minimum atomic E-state index is -0.420. The molecule has 0 bridgehead atoms. The monoisotopic (exact) mass is 440 g/mol. The molecule has 3 fully saturated rings. The molecule has 1 N–H and O–H groups in total. The van der Waals surface area contributed by atoms with E-state index in [0.717, 1.165) is 12.3 Å². The van der Waals surface area contributed by atoms with Gasteiger partial charge in [0.2, 0.25) is 0 Å². The van der Waals surface area contributed by atoms with E-state index < -0.39 is 6.10 Å². The Balaban J connectivity index is 1.61. The minimum absolute atomic E-state index is 0.183. The molecule has 1 unspecified atom stereocenters. The van der Waals surface area contributed by atoms with Gasteiger partial charge in [-0.1, -0.05) is 70.1 Å². The number of aliphatic hydroxyl groups excluding tert-OH is 1. The largest absolute Gasteiger partial charge is 0.462 e. The average Bonchev–Trinajstić information content (AvgIpc) is 3.05. The summed E-state index contributed by atoms with van der Waals surface area (Å²) in [6.07, 6.45) is 16.3. The number of hydrogen-bond donors (Lipinski definition) is 1. The topological polar surface area (TPSA) is 46.5 Å². The molecule has 3 saturated carbocycles. The van der Waals surface area contributed by atoms with Crippen molar-refractivity contribution < 1.29 is 14.6 Å². The molecule has 0 heterocycles. The lowest BCUT2D eigenvalue weighted by Gasteiger charge is -2.57. The van der Waals surface area contributed by atoms with Gasteiger partial charge in [0.15, 0.2) is 0 Å². The van der Waals surface area contributed by atoms with Crippen molar-refractivity contribution in [2.75, 3.05) is 0 Å². The lowest BCUT2D eigenvalue weighted by atomic mass is 9.49. The Morgan fingerprint density at radius 3 is 2.62 bits per heavy atom. The van der Waals surface area contributed by atoms with Gasteiger partial charge in [-0.15, -0.1) is 0 Å². The Bertz CT molecular complexity index is 820. The maximum Gasteiger partial charge on any atom is 0.302 e. The van der Waals surface area contributed by atoms with Crippen molar-refractivity contribution in [3.05, 3.63) is 35.5 Å². The van der Waals surface area contributed by atoms with E-state index in [1.54, 1.807) is 5.57 Å². The molecule has 0 spiro atoms. The van der Waals surface area contributed by atoms with E-state index in [9.17, 15) is 9.90 Å². The zero-order chi connectivity index (χ0) is 23.3. The number of carbonyl (C=O) groups excluding carboxylic acids is 1. The molecule has 0 amide bonds. The molecule has 8 atom stereocenters. The first kappa shape index (κ1) is 23.8. The molecule has 3 nitrogen and oxygen atoms in total. The summed E-state index contributed by atoms with van der Waals surface area (Å²) < 4.78 is 5.87. The summed E-state index contributed by atoms with van der Waals surface area (Å²) in [6.45, 7) is 13.4. The van der Waals surface area contributed by atoms with Crippen LogP contribution in [0.1, 0.15) is 86.5 Å². The Labute approximate surface area is 195 Å². The number of allylic oxidation sites excluding steroid dienone is 5. The van der Waals surface area contributed by atoms with Gasteiger partial charge in [-0.3, -0.25) is 4.79 Å². The molecule has 0 aromatic carbocycles. The van der Waals surface area contributed by atoms with Crippen molar-refractivity contribution in [3.8, 4) is 0 Å². The van der Waals surface area contributed by atoms with Crippen LogP contribution in [0.5, 0.6) is 0 Å². The van der Waals surface area contributed by atoms with E-state index in [2.05, 4.69) is 58.9 Å². The van der Waals surface area contributed by atoms with Crippen LogP contribution in [0.15, 0.2) is 35.5 Å². The van der Waals surface area contributed by atoms with Crippen LogP contribution in [0.4, 0.5) is 0 Å². The van der Waals surface area contributed by atoms with Gasteiger partial charge in [0.25, 0.3) is 0 Å². The second-order valence-electron chi connectivity index (χ2n) is 12.1. The van der Waals surface area contributed by atoms with Crippen LogP contribution in [0.25, 0.3) is 0 Å². The molecule has 4 aliphatic carbocycles. The van der Waals surface area contributed by atoms with Crippen LogP contribution < -0.4 is 0 Å². The third-order valence-electron chi connectivity index (χ3n) is 9.68. The van der Waals surface area contributed by atoms with E-state index in [-0.39, 0.29) is 17.5 Å². The van der Waals surface area contributed by atoms with Crippen molar-refractivity contribution in [1.82, 2.24) is 0 Å². The molecule has 0 aliphatic heterocycles. The van der Waals surface area contributed by atoms with Gasteiger partial charge in [-0.2, -0.15) is 0 Å². The van der Waals surface area contributed by atoms with Crippen LogP contribution in [0.3, 0.4) is 0 Å². The van der Waals surface area contributed by atoms with Gasteiger partial charge in [0, 0.05) is 18.8 Å². The molecule has 4 aliphatic rings. The van der Waals surface area contributed by atoms with Crippen LogP contribution in [0.2, 0.25) is 0 Å². The number of aliphatic hydroxyl groups is 1. The number of esters is 1. The third kappa shape index (κ3) is 3.93. The van der Waals surface area contributed by atoms with Crippen molar-refractivity contribution in [2.45, 2.75) is 98.7 Å². The van der Waals surface area contributed by atoms with Gasteiger partial charge in [-0.05, 0) is 73.5 Å². The van der Waals surface area contributed by atoms with Gasteiger partial charge in [-0.25, -0.2) is 0 Å². The molecular weight excluding hydrogens is 396 g/mol. The maximum absolute atomic E-state index is 11.9. The van der Waals surface area contributed by atoms with Gasteiger partial charge in [0.05, 0.1) is 6.10 Å². The fourth-order valence-electron chi connectivity index (χ4n) is 8.00. The summed E-state index contributed by atoms with van der Waals surface area (Å²) in [5.74, 6) is 2.87. The van der Waals surface area contributed by atoms with E-state index in [1.807, 2.05) is 0 Å². The van der Waals surface area contributed by atoms with Crippen molar-refractivity contribution in [2.24, 2.45) is 40.4 Å². The Kier molecular flexibility index (Phi) is 6.53. The SMILES string of the molecule is CC(=O)OC1C[C@@H](O)CC2=CC=C3[C@H]4CC[C@H]([C@H](C)/C=C/CC(C)C)[C@@]4(C)CC[C@@H]3[C@]21C. The van der Waals surface area contributed by atoms with Crippen molar-refractivity contribution >= 4 is 5.97 Å². The zero-order valence-electron chi connectivity index (χ0n) is 21.1. The molecule has 3 heteroatoms. The van der Waals surface area contributed by atoms with E-state index >= 15 is 0 Å². The number of fused-ring (bicyclic) bond motifs is 5. The van der Waals surface area contributed by atoms with Gasteiger partial charge in [0.1, 0.15) is 6.10 Å². The summed E-state index contributed by atoms with van der Waals surface area (Å²) in [6, 6.07) is 0. The predicted octanol–water partition coefficient (Wildman–Crippen LogP) is 6.63. The van der Waals surface area contributed by atoms with E-state index in [0.29, 0.717) is 41.9 Å². The first-order valence-electron chi connectivity index (χ1n) is 13.0. The van der Waals surface area contributed by atoms with Gasteiger partial charge >= 0.3 is 5.97 Å². The van der Waals surface area contributed by atoms with Crippen molar-refractivity contribution in [1.29, 1.82) is 0 Å². The quantitative estimate of drug-likeness (QED) is 0.386. The highest BCUT2D eigenvalue weighted by Crippen LogP contribution is 2.66. The van der Waals surface area contributed by atoms with E-state index in [1.165, 1.54) is 38.2 Å². The number of rotatable bonds is 5. The molecule has 32 heavy (non-hydrogen) atoms. The number of hydrogen-bond acceptors (Lipinski definition) is 3. The van der Waals surface area contributed by atoms with Crippen LogP contribution >= 0.6 is 0 Å². The van der Waals surface area contributed by atoms with E-state index in [4.69, 9.17) is 4.74 Å². The first-order chi connectivity index (χ1) is 15.1.